The molecule has 31 heavy (non-hydrogen) atoms. The third kappa shape index (κ3) is 5.15. The number of aryl methyl sites for hydroxylation is 2. The largest absolute Gasteiger partial charge is 0.484 e. The summed E-state index contributed by atoms with van der Waals surface area (Å²) in [5, 5.41) is 4.82. The maximum atomic E-state index is 12.4. The molecular weight excluding hydrogens is 430 g/mol. The van der Waals surface area contributed by atoms with E-state index in [1.165, 1.54) is 23.1 Å². The Kier molecular flexibility index (Phi) is 6.39. The van der Waals surface area contributed by atoms with Gasteiger partial charge >= 0.3 is 0 Å². The number of anilines is 1. The summed E-state index contributed by atoms with van der Waals surface area (Å²) in [6.07, 6.45) is 0. The van der Waals surface area contributed by atoms with Crippen molar-refractivity contribution in [3.8, 4) is 5.75 Å². The molecule has 2 aromatic heterocycles. The summed E-state index contributed by atoms with van der Waals surface area (Å²) in [7, 11) is 0. The van der Waals surface area contributed by atoms with Crippen LogP contribution in [-0.4, -0.2) is 21.9 Å². The number of carbonyl (C=O) groups excluding carboxylic acids is 1. The molecule has 0 aliphatic rings. The molecule has 4 rings (SSSR count). The Morgan fingerprint density at radius 2 is 1.94 bits per heavy atom. The molecular formula is C23H21N3O3S2. The lowest BCUT2D eigenvalue weighted by molar-refractivity contribution is -0.118. The molecule has 1 amide bonds. The van der Waals surface area contributed by atoms with Gasteiger partial charge in [0.15, 0.2) is 11.6 Å². The van der Waals surface area contributed by atoms with Gasteiger partial charge in [0.05, 0.1) is 11.4 Å². The number of nitrogens with one attached hydrogen (secondary N) is 1. The molecule has 0 saturated heterocycles. The summed E-state index contributed by atoms with van der Waals surface area (Å²) < 4.78 is 7.17. The lowest BCUT2D eigenvalue weighted by Crippen LogP contribution is -2.20. The number of hydrogen-bond donors (Lipinski definition) is 1. The van der Waals surface area contributed by atoms with Crippen molar-refractivity contribution >= 4 is 39.7 Å². The zero-order chi connectivity index (χ0) is 21.8. The molecule has 0 aliphatic heterocycles. The van der Waals surface area contributed by atoms with Crippen molar-refractivity contribution in [1.82, 2.24) is 9.38 Å². The van der Waals surface area contributed by atoms with E-state index >= 15 is 0 Å². The highest BCUT2D eigenvalue weighted by molar-refractivity contribution is 7.98. The number of carbonyl (C=O) groups is 1. The summed E-state index contributed by atoms with van der Waals surface area (Å²) in [5.41, 5.74) is 3.36. The fourth-order valence-electron chi connectivity index (χ4n) is 2.99. The highest BCUT2D eigenvalue weighted by atomic mass is 32.2. The van der Waals surface area contributed by atoms with Crippen LogP contribution in [0.3, 0.4) is 0 Å². The number of benzene rings is 2. The van der Waals surface area contributed by atoms with Gasteiger partial charge in [0.2, 0.25) is 0 Å². The number of nitrogens with zero attached hydrogens (tertiary/aromatic N) is 2. The molecule has 2 heterocycles. The predicted octanol–water partition coefficient (Wildman–Crippen LogP) is 4.68. The van der Waals surface area contributed by atoms with Crippen molar-refractivity contribution in [3.05, 3.63) is 87.3 Å². The molecule has 0 aliphatic carbocycles. The van der Waals surface area contributed by atoms with Crippen molar-refractivity contribution in [2.75, 3.05) is 11.9 Å². The first-order chi connectivity index (χ1) is 15.0. The number of hydrogen-bond acceptors (Lipinski definition) is 6. The maximum absolute atomic E-state index is 12.4. The van der Waals surface area contributed by atoms with Crippen molar-refractivity contribution in [2.24, 2.45) is 0 Å². The van der Waals surface area contributed by atoms with Crippen LogP contribution in [0.5, 0.6) is 5.75 Å². The Hall–Kier alpha value is -3.10. The maximum Gasteiger partial charge on any atom is 0.262 e. The van der Waals surface area contributed by atoms with Crippen LogP contribution in [0.4, 0.5) is 5.69 Å². The quantitative estimate of drug-likeness (QED) is 0.413. The van der Waals surface area contributed by atoms with Gasteiger partial charge in [-0.2, -0.15) is 0 Å². The molecule has 6 nitrogen and oxygen atoms in total. The molecule has 0 fully saturated rings. The van der Waals surface area contributed by atoms with Gasteiger partial charge in [-0.25, -0.2) is 4.98 Å². The minimum Gasteiger partial charge on any atom is -0.484 e. The molecule has 158 valence electrons. The van der Waals surface area contributed by atoms with Gasteiger partial charge in [0.25, 0.3) is 11.5 Å². The number of aromatic nitrogens is 2. The van der Waals surface area contributed by atoms with Crippen LogP contribution in [0, 0.1) is 13.8 Å². The van der Waals surface area contributed by atoms with Crippen molar-refractivity contribution < 1.29 is 9.53 Å². The van der Waals surface area contributed by atoms with E-state index in [2.05, 4.69) is 10.3 Å². The first-order valence-electron chi connectivity index (χ1n) is 9.67. The molecule has 0 bridgehead atoms. The molecule has 0 unspecified atom stereocenters. The Labute approximate surface area is 187 Å². The molecule has 1 N–H and O–H groups in total. The number of para-hydroxylation sites is 1. The average Bonchev–Trinajstić information content (AvgIpc) is 3.14. The summed E-state index contributed by atoms with van der Waals surface area (Å²) in [4.78, 5) is 30.9. The number of rotatable bonds is 7. The summed E-state index contributed by atoms with van der Waals surface area (Å²) in [6, 6.07) is 16.7. The smallest absolute Gasteiger partial charge is 0.262 e. The van der Waals surface area contributed by atoms with Crippen molar-refractivity contribution in [1.29, 1.82) is 0 Å². The zero-order valence-corrected chi connectivity index (χ0v) is 18.8. The fraction of sp³-hybridized carbons (Fsp3) is 0.174. The average molecular weight is 452 g/mol. The van der Waals surface area contributed by atoms with Gasteiger partial charge in [0, 0.05) is 27.8 Å². The second kappa shape index (κ2) is 9.36. The van der Waals surface area contributed by atoms with E-state index in [-0.39, 0.29) is 18.1 Å². The predicted molar refractivity (Wildman–Crippen MR) is 125 cm³/mol. The summed E-state index contributed by atoms with van der Waals surface area (Å²) in [5.74, 6) is 0.940. The van der Waals surface area contributed by atoms with Gasteiger partial charge in [-0.15, -0.1) is 23.1 Å². The summed E-state index contributed by atoms with van der Waals surface area (Å²) in [6.45, 7) is 3.81. The van der Waals surface area contributed by atoms with Crippen LogP contribution in [-0.2, 0) is 10.5 Å². The van der Waals surface area contributed by atoms with Gasteiger partial charge in [-0.3, -0.25) is 14.0 Å². The second-order valence-electron chi connectivity index (χ2n) is 7.02. The van der Waals surface area contributed by atoms with E-state index in [0.29, 0.717) is 27.8 Å². The molecule has 0 atom stereocenters. The Morgan fingerprint density at radius 1 is 1.16 bits per heavy atom. The Morgan fingerprint density at radius 3 is 2.74 bits per heavy atom. The van der Waals surface area contributed by atoms with E-state index in [1.54, 1.807) is 10.5 Å². The monoisotopic (exact) mass is 451 g/mol. The summed E-state index contributed by atoms with van der Waals surface area (Å²) >= 11 is 2.97. The van der Waals surface area contributed by atoms with Crippen molar-refractivity contribution in [3.63, 3.8) is 0 Å². The molecule has 8 heteroatoms. The SMILES string of the molecule is Cc1ccc(OCC(=O)Nc2ccccc2SCc2cc(=O)n3c(C)csc3n2)cc1. The minimum atomic E-state index is -0.236. The number of thiazole rings is 1. The van der Waals surface area contributed by atoms with Gasteiger partial charge in [-0.05, 0) is 38.1 Å². The van der Waals surface area contributed by atoms with E-state index < -0.39 is 0 Å². The normalized spacial score (nSPS) is 10.9. The minimum absolute atomic E-state index is 0.0746. The molecule has 4 aromatic rings. The van der Waals surface area contributed by atoms with Gasteiger partial charge in [0.1, 0.15) is 5.75 Å². The molecule has 0 radical (unpaired) electrons. The van der Waals surface area contributed by atoms with E-state index in [1.807, 2.05) is 67.8 Å². The van der Waals surface area contributed by atoms with E-state index in [0.717, 1.165) is 16.2 Å². The Bertz CT molecular complexity index is 1280. The van der Waals surface area contributed by atoms with Crippen LogP contribution in [0.1, 0.15) is 17.0 Å². The topological polar surface area (TPSA) is 72.7 Å². The van der Waals surface area contributed by atoms with Crippen LogP contribution in [0.15, 0.2) is 69.7 Å². The molecule has 2 aromatic carbocycles. The van der Waals surface area contributed by atoms with Crippen LogP contribution in [0.2, 0.25) is 0 Å². The lowest BCUT2D eigenvalue weighted by atomic mass is 10.2. The molecule has 0 saturated carbocycles. The van der Waals surface area contributed by atoms with Crippen LogP contribution in [0.25, 0.3) is 4.96 Å². The zero-order valence-electron chi connectivity index (χ0n) is 17.1. The molecule has 0 spiro atoms. The fourth-order valence-corrected chi connectivity index (χ4v) is 4.78. The van der Waals surface area contributed by atoms with Gasteiger partial charge in [-0.1, -0.05) is 29.8 Å². The Balaban J connectivity index is 1.40. The van der Waals surface area contributed by atoms with Crippen LogP contribution < -0.4 is 15.6 Å². The second-order valence-corrected chi connectivity index (χ2v) is 8.87. The lowest BCUT2D eigenvalue weighted by Gasteiger charge is -2.11. The first kappa shape index (κ1) is 21.1. The van der Waals surface area contributed by atoms with Crippen molar-refractivity contribution in [2.45, 2.75) is 24.5 Å². The number of fused-ring (bicyclic) bond motifs is 1. The van der Waals surface area contributed by atoms with E-state index in [9.17, 15) is 9.59 Å². The number of ether oxygens (including phenoxy) is 1. The highest BCUT2D eigenvalue weighted by Crippen LogP contribution is 2.29. The van der Waals surface area contributed by atoms with Gasteiger partial charge < -0.3 is 10.1 Å². The van der Waals surface area contributed by atoms with E-state index in [4.69, 9.17) is 4.74 Å². The number of amides is 1. The highest BCUT2D eigenvalue weighted by Gasteiger charge is 2.11. The third-order valence-corrected chi connectivity index (χ3v) is 6.61. The number of thioether (sulfide) groups is 1. The van der Waals surface area contributed by atoms with Crippen LogP contribution >= 0.6 is 23.1 Å². The standard InChI is InChI=1S/C23H21N3O3S2/c1-15-7-9-18(10-8-15)29-12-21(27)25-19-5-3-4-6-20(19)30-14-17-11-22(28)26-16(2)13-31-23(26)24-17/h3-11,13H,12,14H2,1-2H3,(H,25,27). The third-order valence-electron chi connectivity index (χ3n) is 4.56. The first-order valence-corrected chi connectivity index (χ1v) is 11.5.